The highest BCUT2D eigenvalue weighted by Gasteiger charge is 2.30. The maximum absolute atomic E-state index is 2.71. The van der Waals surface area contributed by atoms with E-state index in [4.69, 9.17) is 0 Å². The van der Waals surface area contributed by atoms with Crippen molar-refractivity contribution in [1.82, 2.24) is 4.90 Å². The number of rotatable bonds is 3. The zero-order chi connectivity index (χ0) is 9.90. The monoisotopic (exact) mass is 183 g/mol. The van der Waals surface area contributed by atoms with E-state index in [0.717, 1.165) is 6.04 Å². The Kier molecular flexibility index (Phi) is 3.78. The van der Waals surface area contributed by atoms with Crippen molar-refractivity contribution in [2.45, 2.75) is 71.4 Å². The van der Waals surface area contributed by atoms with Crippen molar-refractivity contribution in [3.63, 3.8) is 0 Å². The van der Waals surface area contributed by atoms with Gasteiger partial charge in [0.15, 0.2) is 0 Å². The highest BCUT2D eigenvalue weighted by atomic mass is 15.2. The molecule has 1 fully saturated rings. The van der Waals surface area contributed by atoms with Gasteiger partial charge in [0.2, 0.25) is 0 Å². The van der Waals surface area contributed by atoms with Crippen molar-refractivity contribution in [1.29, 1.82) is 0 Å². The van der Waals surface area contributed by atoms with E-state index < -0.39 is 0 Å². The first-order valence-corrected chi connectivity index (χ1v) is 5.84. The van der Waals surface area contributed by atoms with Gasteiger partial charge in [-0.15, -0.1) is 0 Å². The Morgan fingerprint density at radius 3 is 2.54 bits per heavy atom. The molecular weight excluding hydrogens is 158 g/mol. The fourth-order valence-corrected chi connectivity index (χ4v) is 2.75. The molecule has 0 aromatic rings. The number of hydrogen-bond acceptors (Lipinski definition) is 1. The van der Waals surface area contributed by atoms with Crippen LogP contribution in [0, 0.1) is 0 Å². The van der Waals surface area contributed by atoms with Crippen LogP contribution in [0.4, 0.5) is 0 Å². The minimum absolute atomic E-state index is 0.425. The molecule has 0 aromatic heterocycles. The quantitative estimate of drug-likeness (QED) is 0.648. The predicted octanol–water partition coefficient (Wildman–Crippen LogP) is 3.44. The molecule has 0 aromatic carbocycles. The van der Waals surface area contributed by atoms with Crippen molar-refractivity contribution >= 4 is 0 Å². The molecule has 1 aliphatic rings. The molecule has 1 rings (SSSR count). The van der Waals surface area contributed by atoms with Gasteiger partial charge in [0, 0.05) is 11.6 Å². The van der Waals surface area contributed by atoms with Crippen LogP contribution in [0.25, 0.3) is 0 Å². The smallest absolute Gasteiger partial charge is 0.0155 e. The lowest BCUT2D eigenvalue weighted by Crippen LogP contribution is -2.51. The molecule has 1 heteroatoms. The van der Waals surface area contributed by atoms with Crippen molar-refractivity contribution in [2.75, 3.05) is 6.54 Å². The van der Waals surface area contributed by atoms with Crippen LogP contribution in [0.2, 0.25) is 0 Å². The number of nitrogens with zero attached hydrogens (tertiary/aromatic N) is 1. The molecular formula is C12H25N. The first-order valence-electron chi connectivity index (χ1n) is 5.84. The van der Waals surface area contributed by atoms with Gasteiger partial charge in [-0.1, -0.05) is 19.8 Å². The van der Waals surface area contributed by atoms with E-state index in [1.807, 2.05) is 0 Å². The Labute approximate surface area is 83.5 Å². The summed E-state index contributed by atoms with van der Waals surface area (Å²) in [6, 6.07) is 0.801. The normalized spacial score (nSPS) is 26.3. The van der Waals surface area contributed by atoms with E-state index in [0.29, 0.717) is 5.54 Å². The molecule has 0 amide bonds. The van der Waals surface area contributed by atoms with Gasteiger partial charge in [-0.05, 0) is 46.6 Å². The number of hydrogen-bond donors (Lipinski definition) is 0. The van der Waals surface area contributed by atoms with Crippen LogP contribution in [0.5, 0.6) is 0 Å². The maximum atomic E-state index is 2.71. The van der Waals surface area contributed by atoms with E-state index in [1.165, 1.54) is 38.6 Å². The molecule has 0 radical (unpaired) electrons. The van der Waals surface area contributed by atoms with Gasteiger partial charge in [-0.25, -0.2) is 0 Å². The van der Waals surface area contributed by atoms with Crippen LogP contribution in [0.3, 0.4) is 0 Å². The standard InChI is InChI=1S/C12H25N/c1-5-9-12(3,4)13-10-7-6-8-11(13)2/h11H,5-10H2,1-4H3. The molecule has 1 unspecified atom stereocenters. The van der Waals surface area contributed by atoms with Gasteiger partial charge in [0.25, 0.3) is 0 Å². The third-order valence-electron chi connectivity index (χ3n) is 3.44. The van der Waals surface area contributed by atoms with Crippen LogP contribution in [-0.2, 0) is 0 Å². The first-order chi connectivity index (χ1) is 6.08. The summed E-state index contributed by atoms with van der Waals surface area (Å²) in [4.78, 5) is 2.71. The molecule has 78 valence electrons. The van der Waals surface area contributed by atoms with Crippen LogP contribution in [0.1, 0.15) is 59.8 Å². The van der Waals surface area contributed by atoms with Crippen molar-refractivity contribution in [2.24, 2.45) is 0 Å². The predicted molar refractivity (Wildman–Crippen MR) is 59.0 cm³/mol. The van der Waals surface area contributed by atoms with Gasteiger partial charge in [0.1, 0.15) is 0 Å². The van der Waals surface area contributed by atoms with Crippen molar-refractivity contribution < 1.29 is 0 Å². The SMILES string of the molecule is CCCC(C)(C)N1CCCCC1C. The van der Waals surface area contributed by atoms with Gasteiger partial charge >= 0.3 is 0 Å². The average molecular weight is 183 g/mol. The highest BCUT2D eigenvalue weighted by molar-refractivity contribution is 4.86. The van der Waals surface area contributed by atoms with E-state index in [9.17, 15) is 0 Å². The van der Waals surface area contributed by atoms with E-state index in [2.05, 4.69) is 32.6 Å². The summed E-state index contributed by atoms with van der Waals surface area (Å²) >= 11 is 0. The molecule has 0 saturated carbocycles. The Hall–Kier alpha value is -0.0400. The van der Waals surface area contributed by atoms with Crippen molar-refractivity contribution in [3.05, 3.63) is 0 Å². The summed E-state index contributed by atoms with van der Waals surface area (Å²) in [5.74, 6) is 0. The fourth-order valence-electron chi connectivity index (χ4n) is 2.75. The molecule has 1 saturated heterocycles. The summed E-state index contributed by atoms with van der Waals surface area (Å²) in [5.41, 5.74) is 0.425. The van der Waals surface area contributed by atoms with Crippen molar-refractivity contribution in [3.8, 4) is 0 Å². The summed E-state index contributed by atoms with van der Waals surface area (Å²) < 4.78 is 0. The van der Waals surface area contributed by atoms with Gasteiger partial charge in [0.05, 0.1) is 0 Å². The Morgan fingerprint density at radius 1 is 1.31 bits per heavy atom. The Morgan fingerprint density at radius 2 is 2.00 bits per heavy atom. The van der Waals surface area contributed by atoms with E-state index in [1.54, 1.807) is 0 Å². The average Bonchev–Trinajstić information content (AvgIpc) is 2.04. The zero-order valence-electron chi connectivity index (χ0n) is 9.77. The molecule has 0 N–H and O–H groups in total. The summed E-state index contributed by atoms with van der Waals surface area (Å²) in [5, 5.41) is 0. The molecule has 1 atom stereocenters. The lowest BCUT2D eigenvalue weighted by Gasteiger charge is -2.45. The van der Waals surface area contributed by atoms with Crippen LogP contribution < -0.4 is 0 Å². The second-order valence-corrected chi connectivity index (χ2v) is 5.10. The minimum Gasteiger partial charge on any atom is -0.296 e. The Bertz CT molecular complexity index is 151. The third-order valence-corrected chi connectivity index (χ3v) is 3.44. The number of piperidine rings is 1. The van der Waals surface area contributed by atoms with Gasteiger partial charge in [-0.3, -0.25) is 4.90 Å². The molecule has 1 aliphatic heterocycles. The molecule has 1 heterocycles. The Balaban J connectivity index is 2.56. The molecule has 0 bridgehead atoms. The molecule has 0 aliphatic carbocycles. The lowest BCUT2D eigenvalue weighted by molar-refractivity contribution is 0.0422. The first kappa shape index (κ1) is 11.0. The topological polar surface area (TPSA) is 3.24 Å². The maximum Gasteiger partial charge on any atom is 0.0155 e. The van der Waals surface area contributed by atoms with E-state index in [-0.39, 0.29) is 0 Å². The molecule has 13 heavy (non-hydrogen) atoms. The van der Waals surface area contributed by atoms with Crippen LogP contribution >= 0.6 is 0 Å². The van der Waals surface area contributed by atoms with Gasteiger partial charge < -0.3 is 0 Å². The van der Waals surface area contributed by atoms with Gasteiger partial charge in [-0.2, -0.15) is 0 Å². The second-order valence-electron chi connectivity index (χ2n) is 5.10. The van der Waals surface area contributed by atoms with Crippen LogP contribution in [0.15, 0.2) is 0 Å². The summed E-state index contributed by atoms with van der Waals surface area (Å²) in [6.45, 7) is 10.8. The molecule has 0 spiro atoms. The van der Waals surface area contributed by atoms with E-state index >= 15 is 0 Å². The minimum atomic E-state index is 0.425. The second kappa shape index (κ2) is 4.45. The fraction of sp³-hybridized carbons (Fsp3) is 1.00. The highest BCUT2D eigenvalue weighted by Crippen LogP contribution is 2.28. The molecule has 1 nitrogen and oxygen atoms in total. The van der Waals surface area contributed by atoms with Crippen LogP contribution in [-0.4, -0.2) is 23.0 Å². The third kappa shape index (κ3) is 2.70. The number of likely N-dealkylation sites (tertiary alicyclic amines) is 1. The lowest BCUT2D eigenvalue weighted by atomic mass is 9.90. The largest absolute Gasteiger partial charge is 0.296 e. The summed E-state index contributed by atoms with van der Waals surface area (Å²) in [6.07, 6.45) is 6.86. The zero-order valence-corrected chi connectivity index (χ0v) is 9.77. The summed E-state index contributed by atoms with van der Waals surface area (Å²) in [7, 11) is 0.